The van der Waals surface area contributed by atoms with Gasteiger partial charge >= 0.3 is 5.97 Å². The predicted molar refractivity (Wildman–Crippen MR) is 124 cm³/mol. The lowest BCUT2D eigenvalue weighted by Gasteiger charge is -2.12. The standard InChI is InChI=1S/C22H22ClFN4O2S/c1-4-30-21(29)15-6-9-18(10-7-15)25-22(31)26-20-13(2)27-28(14(20)3)12-16-5-8-17(24)11-19(16)23/h5-11H,4,12H2,1-3H3,(H2,25,26,31). The second-order valence-corrected chi connectivity index (χ2v) is 7.63. The average molecular weight is 461 g/mol. The molecule has 0 radical (unpaired) electrons. The van der Waals surface area contributed by atoms with E-state index < -0.39 is 0 Å². The van der Waals surface area contributed by atoms with Gasteiger partial charge in [0.15, 0.2) is 5.11 Å². The molecule has 3 rings (SSSR count). The van der Waals surface area contributed by atoms with Gasteiger partial charge in [0.05, 0.1) is 35.8 Å². The Morgan fingerprint density at radius 3 is 2.55 bits per heavy atom. The number of halogens is 2. The van der Waals surface area contributed by atoms with E-state index in [1.54, 1.807) is 41.9 Å². The summed E-state index contributed by atoms with van der Waals surface area (Å²) in [6.45, 7) is 6.28. The summed E-state index contributed by atoms with van der Waals surface area (Å²) in [5, 5.41) is 11.5. The van der Waals surface area contributed by atoms with Gasteiger partial charge in [-0.2, -0.15) is 5.10 Å². The van der Waals surface area contributed by atoms with Crippen LogP contribution in [0.3, 0.4) is 0 Å². The summed E-state index contributed by atoms with van der Waals surface area (Å²) < 4.78 is 20.1. The summed E-state index contributed by atoms with van der Waals surface area (Å²) in [5.41, 5.74) is 4.36. The lowest BCUT2D eigenvalue weighted by molar-refractivity contribution is 0.0526. The van der Waals surface area contributed by atoms with E-state index in [4.69, 9.17) is 28.6 Å². The molecule has 0 aliphatic carbocycles. The number of hydrogen-bond donors (Lipinski definition) is 2. The normalized spacial score (nSPS) is 10.6. The zero-order valence-electron chi connectivity index (χ0n) is 17.3. The van der Waals surface area contributed by atoms with Crippen LogP contribution < -0.4 is 10.6 Å². The molecule has 2 N–H and O–H groups in total. The highest BCUT2D eigenvalue weighted by molar-refractivity contribution is 7.80. The zero-order chi connectivity index (χ0) is 22.5. The molecule has 0 bridgehead atoms. The third kappa shape index (κ3) is 5.59. The Balaban J connectivity index is 1.68. The number of esters is 1. The van der Waals surface area contributed by atoms with Crippen LogP contribution in [0.1, 0.15) is 34.2 Å². The topological polar surface area (TPSA) is 68.2 Å². The van der Waals surface area contributed by atoms with Gasteiger partial charge in [-0.3, -0.25) is 4.68 Å². The number of aryl methyl sites for hydroxylation is 1. The van der Waals surface area contributed by atoms with E-state index in [9.17, 15) is 9.18 Å². The van der Waals surface area contributed by atoms with Crippen LogP contribution in [0, 0.1) is 19.7 Å². The molecule has 0 spiro atoms. The quantitative estimate of drug-likeness (QED) is 0.383. The third-order valence-electron chi connectivity index (χ3n) is 4.61. The van der Waals surface area contributed by atoms with Gasteiger partial charge in [0, 0.05) is 10.7 Å². The van der Waals surface area contributed by atoms with Crippen LogP contribution in [-0.2, 0) is 11.3 Å². The van der Waals surface area contributed by atoms with Crippen molar-refractivity contribution >= 4 is 46.3 Å². The second kappa shape index (κ2) is 9.89. The van der Waals surface area contributed by atoms with Crippen LogP contribution in [0.25, 0.3) is 0 Å². The zero-order valence-corrected chi connectivity index (χ0v) is 18.9. The fraction of sp³-hybridized carbons (Fsp3) is 0.227. The number of aromatic nitrogens is 2. The lowest BCUT2D eigenvalue weighted by atomic mass is 10.2. The molecule has 6 nitrogen and oxygen atoms in total. The highest BCUT2D eigenvalue weighted by Crippen LogP contribution is 2.24. The van der Waals surface area contributed by atoms with Crippen molar-refractivity contribution in [3.8, 4) is 0 Å². The first kappa shape index (κ1) is 22.7. The number of carbonyl (C=O) groups is 1. The summed E-state index contributed by atoms with van der Waals surface area (Å²) >= 11 is 11.6. The molecule has 162 valence electrons. The third-order valence-corrected chi connectivity index (χ3v) is 5.17. The van der Waals surface area contributed by atoms with Crippen molar-refractivity contribution in [2.75, 3.05) is 17.2 Å². The molecule has 0 unspecified atom stereocenters. The SMILES string of the molecule is CCOC(=O)c1ccc(NC(=S)Nc2c(C)nn(Cc3ccc(F)cc3Cl)c2C)cc1. The molecule has 2 aromatic carbocycles. The number of nitrogens with one attached hydrogen (secondary N) is 2. The van der Waals surface area contributed by atoms with Crippen molar-refractivity contribution < 1.29 is 13.9 Å². The minimum atomic E-state index is -0.379. The molecule has 31 heavy (non-hydrogen) atoms. The highest BCUT2D eigenvalue weighted by Gasteiger charge is 2.14. The molecule has 0 saturated heterocycles. The Morgan fingerprint density at radius 2 is 1.90 bits per heavy atom. The van der Waals surface area contributed by atoms with Gasteiger partial charge in [0.25, 0.3) is 0 Å². The Hall–Kier alpha value is -2.97. The maximum atomic E-state index is 13.3. The number of benzene rings is 2. The van der Waals surface area contributed by atoms with Crippen LogP contribution in [0.2, 0.25) is 5.02 Å². The average Bonchev–Trinajstić information content (AvgIpc) is 2.98. The number of carbonyl (C=O) groups excluding carboxylic acids is 1. The Bertz CT molecular complexity index is 1120. The number of anilines is 2. The van der Waals surface area contributed by atoms with Gasteiger partial charge in [0.1, 0.15) is 5.82 Å². The van der Waals surface area contributed by atoms with Crippen molar-refractivity contribution in [2.24, 2.45) is 0 Å². The van der Waals surface area contributed by atoms with E-state index in [2.05, 4.69) is 15.7 Å². The lowest BCUT2D eigenvalue weighted by Crippen LogP contribution is -2.20. The number of hydrogen-bond acceptors (Lipinski definition) is 4. The van der Waals surface area contributed by atoms with Crippen molar-refractivity contribution in [1.29, 1.82) is 0 Å². The van der Waals surface area contributed by atoms with E-state index in [0.717, 1.165) is 28.3 Å². The summed E-state index contributed by atoms with van der Waals surface area (Å²) in [6, 6.07) is 11.1. The predicted octanol–water partition coefficient (Wildman–Crippen LogP) is 5.33. The molecule has 0 aliphatic heterocycles. The Labute approximate surface area is 190 Å². The Kier molecular flexibility index (Phi) is 7.25. The van der Waals surface area contributed by atoms with Gasteiger partial charge in [-0.05, 0) is 75.0 Å². The van der Waals surface area contributed by atoms with E-state index in [1.807, 2.05) is 13.8 Å². The van der Waals surface area contributed by atoms with Crippen molar-refractivity contribution in [1.82, 2.24) is 9.78 Å². The molecule has 0 amide bonds. The van der Waals surface area contributed by atoms with Gasteiger partial charge in [-0.25, -0.2) is 9.18 Å². The second-order valence-electron chi connectivity index (χ2n) is 6.82. The summed E-state index contributed by atoms with van der Waals surface area (Å²) in [6.07, 6.45) is 0. The first-order valence-corrected chi connectivity index (χ1v) is 10.4. The molecule has 1 heterocycles. The van der Waals surface area contributed by atoms with Crippen molar-refractivity contribution in [3.63, 3.8) is 0 Å². The molecular formula is C22H22ClFN4O2S. The van der Waals surface area contributed by atoms with E-state index in [1.165, 1.54) is 12.1 Å². The Morgan fingerprint density at radius 1 is 1.19 bits per heavy atom. The van der Waals surface area contributed by atoms with Crippen molar-refractivity contribution in [3.05, 3.63) is 75.8 Å². The summed E-state index contributed by atoms with van der Waals surface area (Å²) in [5.74, 6) is -0.745. The van der Waals surface area contributed by atoms with E-state index in [0.29, 0.717) is 28.9 Å². The fourth-order valence-corrected chi connectivity index (χ4v) is 3.47. The smallest absolute Gasteiger partial charge is 0.338 e. The number of rotatable bonds is 6. The largest absolute Gasteiger partial charge is 0.462 e. The van der Waals surface area contributed by atoms with Crippen LogP contribution in [0.5, 0.6) is 0 Å². The molecule has 0 fully saturated rings. The van der Waals surface area contributed by atoms with Crippen molar-refractivity contribution in [2.45, 2.75) is 27.3 Å². The van der Waals surface area contributed by atoms with Gasteiger partial charge in [-0.15, -0.1) is 0 Å². The van der Waals surface area contributed by atoms with E-state index in [-0.39, 0.29) is 11.8 Å². The van der Waals surface area contributed by atoms with Crippen LogP contribution in [0.15, 0.2) is 42.5 Å². The molecular weight excluding hydrogens is 439 g/mol. The summed E-state index contributed by atoms with van der Waals surface area (Å²) in [7, 11) is 0. The van der Waals surface area contributed by atoms with Gasteiger partial charge in [-0.1, -0.05) is 17.7 Å². The minimum Gasteiger partial charge on any atom is -0.462 e. The van der Waals surface area contributed by atoms with Crippen LogP contribution in [0.4, 0.5) is 15.8 Å². The van der Waals surface area contributed by atoms with Crippen LogP contribution >= 0.6 is 23.8 Å². The highest BCUT2D eigenvalue weighted by atomic mass is 35.5. The maximum absolute atomic E-state index is 13.3. The molecule has 0 saturated carbocycles. The fourth-order valence-electron chi connectivity index (χ4n) is 3.02. The number of thiocarbonyl (C=S) groups is 1. The summed E-state index contributed by atoms with van der Waals surface area (Å²) in [4.78, 5) is 11.7. The maximum Gasteiger partial charge on any atom is 0.338 e. The van der Waals surface area contributed by atoms with Gasteiger partial charge in [0.2, 0.25) is 0 Å². The molecule has 0 aliphatic rings. The number of nitrogens with zero attached hydrogens (tertiary/aromatic N) is 2. The number of ether oxygens (including phenoxy) is 1. The van der Waals surface area contributed by atoms with E-state index >= 15 is 0 Å². The molecule has 1 aromatic heterocycles. The first-order valence-electron chi connectivity index (χ1n) is 9.61. The first-order chi connectivity index (χ1) is 14.8. The molecule has 0 atom stereocenters. The minimum absolute atomic E-state index is 0.326. The molecule has 3 aromatic rings. The monoisotopic (exact) mass is 460 g/mol. The van der Waals surface area contributed by atoms with Crippen LogP contribution in [-0.4, -0.2) is 27.5 Å². The molecule has 9 heteroatoms. The van der Waals surface area contributed by atoms with Gasteiger partial charge < -0.3 is 15.4 Å².